The van der Waals surface area contributed by atoms with Gasteiger partial charge in [-0.2, -0.15) is 0 Å². The van der Waals surface area contributed by atoms with E-state index in [1.54, 1.807) is 30.3 Å². The summed E-state index contributed by atoms with van der Waals surface area (Å²) in [5, 5.41) is 48.7. The van der Waals surface area contributed by atoms with E-state index in [-0.39, 0.29) is 28.6 Å². The van der Waals surface area contributed by atoms with E-state index in [2.05, 4.69) is 65.3 Å². The van der Waals surface area contributed by atoms with E-state index in [4.69, 9.17) is 9.16 Å². The standard InChI is InChI=1S/C36H41N5O7Si/c1-35(2,3)49(26-15-9-5-10-16-26,27-17-11-6-12-18-27)47-21-28-30(44)36(46,19-25(43)20-42)34(48-28)41-23-39-29-31(37-22-38-32(29)41)40-33(45)24-13-7-4-8-14-24/h4-18,22-23,25,28,30,34,42-44,46H,19-21H2,1-3H3,(H,37,38,40,45)/t25?,28-,30-,34-,36-/m1/s1. The average molecular weight is 684 g/mol. The molecule has 256 valence electrons. The van der Waals surface area contributed by atoms with Crippen molar-refractivity contribution >= 4 is 41.6 Å². The first kappa shape index (κ1) is 34.5. The van der Waals surface area contributed by atoms with E-state index in [0.29, 0.717) is 5.56 Å². The van der Waals surface area contributed by atoms with Crippen molar-refractivity contribution in [1.82, 2.24) is 19.5 Å². The lowest BCUT2D eigenvalue weighted by atomic mass is 9.88. The molecular weight excluding hydrogens is 643 g/mol. The third-order valence-corrected chi connectivity index (χ3v) is 14.1. The number of amides is 1. The normalized spacial score (nSPS) is 21.9. The van der Waals surface area contributed by atoms with Gasteiger partial charge in [-0.25, -0.2) is 15.0 Å². The van der Waals surface area contributed by atoms with Gasteiger partial charge in [0.1, 0.15) is 24.1 Å². The van der Waals surface area contributed by atoms with Crippen LogP contribution >= 0.6 is 0 Å². The minimum atomic E-state index is -3.06. The number of carbonyl (C=O) groups is 1. The number of imidazole rings is 1. The van der Waals surface area contributed by atoms with Gasteiger partial charge < -0.3 is 34.9 Å². The maximum atomic E-state index is 12.9. The number of hydrogen-bond donors (Lipinski definition) is 5. The van der Waals surface area contributed by atoms with Crippen LogP contribution in [-0.2, 0) is 9.16 Å². The quantitative estimate of drug-likeness (QED) is 0.130. The Morgan fingerprint density at radius 3 is 2.14 bits per heavy atom. The van der Waals surface area contributed by atoms with Crippen molar-refractivity contribution in [1.29, 1.82) is 0 Å². The predicted molar refractivity (Wildman–Crippen MR) is 186 cm³/mol. The van der Waals surface area contributed by atoms with Gasteiger partial charge >= 0.3 is 0 Å². The Bertz CT molecular complexity index is 1830. The van der Waals surface area contributed by atoms with Crippen molar-refractivity contribution < 1.29 is 34.4 Å². The van der Waals surface area contributed by atoms with Crippen LogP contribution in [0, 0.1) is 0 Å². The zero-order valence-electron chi connectivity index (χ0n) is 27.5. The van der Waals surface area contributed by atoms with E-state index in [1.165, 1.54) is 17.2 Å². The van der Waals surface area contributed by atoms with Crippen molar-refractivity contribution in [3.63, 3.8) is 0 Å². The Balaban J connectivity index is 1.36. The van der Waals surface area contributed by atoms with E-state index >= 15 is 0 Å². The van der Waals surface area contributed by atoms with E-state index < -0.39 is 57.4 Å². The molecule has 49 heavy (non-hydrogen) atoms. The van der Waals surface area contributed by atoms with Crippen LogP contribution in [0.15, 0.2) is 104 Å². The zero-order chi connectivity index (χ0) is 34.8. The minimum Gasteiger partial charge on any atom is -0.405 e. The fraction of sp³-hybridized carbons (Fsp3) is 0.333. The van der Waals surface area contributed by atoms with Crippen LogP contribution in [0.25, 0.3) is 11.2 Å². The summed E-state index contributed by atoms with van der Waals surface area (Å²) in [5.41, 5.74) is -1.25. The number of carbonyl (C=O) groups excluding carboxylic acids is 1. The van der Waals surface area contributed by atoms with Gasteiger partial charge in [-0.1, -0.05) is 99.6 Å². The fourth-order valence-corrected chi connectivity index (χ4v) is 11.3. The molecule has 6 rings (SSSR count). The number of nitrogens with zero attached hydrogens (tertiary/aromatic N) is 4. The number of ether oxygens (including phenoxy) is 1. The molecule has 1 fully saturated rings. The van der Waals surface area contributed by atoms with Crippen molar-refractivity contribution in [3.8, 4) is 0 Å². The van der Waals surface area contributed by atoms with Crippen molar-refractivity contribution in [2.24, 2.45) is 0 Å². The van der Waals surface area contributed by atoms with E-state index in [0.717, 1.165) is 10.4 Å². The summed E-state index contributed by atoms with van der Waals surface area (Å²) in [6.45, 7) is 5.66. The molecule has 0 bridgehead atoms. The molecular formula is C36H41N5O7Si. The maximum absolute atomic E-state index is 12.9. The summed E-state index contributed by atoms with van der Waals surface area (Å²) in [4.78, 5) is 25.9. The molecule has 1 aliphatic rings. The van der Waals surface area contributed by atoms with Crippen LogP contribution in [0.1, 0.15) is 43.8 Å². The van der Waals surface area contributed by atoms with Crippen molar-refractivity contribution in [2.45, 2.75) is 62.4 Å². The van der Waals surface area contributed by atoms with E-state index in [9.17, 15) is 25.2 Å². The third kappa shape index (κ3) is 6.42. The molecule has 13 heteroatoms. The van der Waals surface area contributed by atoms with Crippen LogP contribution < -0.4 is 15.7 Å². The first-order chi connectivity index (χ1) is 23.5. The number of anilines is 1. The number of aliphatic hydroxyl groups excluding tert-OH is 3. The second-order valence-corrected chi connectivity index (χ2v) is 17.6. The molecule has 0 spiro atoms. The van der Waals surface area contributed by atoms with Crippen molar-refractivity contribution in [2.75, 3.05) is 18.5 Å². The molecule has 2 aromatic heterocycles. The van der Waals surface area contributed by atoms with Gasteiger partial charge in [0.2, 0.25) is 0 Å². The number of nitrogens with one attached hydrogen (secondary N) is 1. The molecule has 3 aromatic carbocycles. The van der Waals surface area contributed by atoms with Crippen LogP contribution in [-0.4, -0.2) is 91.3 Å². The molecule has 0 saturated carbocycles. The third-order valence-electron chi connectivity index (χ3n) is 9.13. The summed E-state index contributed by atoms with van der Waals surface area (Å²) in [5.74, 6) is -0.257. The predicted octanol–water partition coefficient (Wildman–Crippen LogP) is 2.39. The summed E-state index contributed by atoms with van der Waals surface area (Å²) < 4.78 is 14.9. The molecule has 0 aliphatic carbocycles. The van der Waals surface area contributed by atoms with E-state index in [1.807, 2.05) is 36.4 Å². The minimum absolute atomic E-state index is 0.0948. The Morgan fingerprint density at radius 2 is 1.57 bits per heavy atom. The zero-order valence-corrected chi connectivity index (χ0v) is 28.5. The highest BCUT2D eigenvalue weighted by molar-refractivity contribution is 6.99. The smallest absolute Gasteiger partial charge is 0.261 e. The molecule has 1 aliphatic heterocycles. The lowest BCUT2D eigenvalue weighted by Crippen LogP contribution is -2.67. The highest BCUT2D eigenvalue weighted by Gasteiger charge is 2.58. The molecule has 12 nitrogen and oxygen atoms in total. The van der Waals surface area contributed by atoms with Gasteiger partial charge in [-0.05, 0) is 27.5 Å². The summed E-state index contributed by atoms with van der Waals surface area (Å²) in [6.07, 6.45) is -3.09. The lowest BCUT2D eigenvalue weighted by molar-refractivity contribution is -0.131. The van der Waals surface area contributed by atoms with Gasteiger partial charge in [0, 0.05) is 12.0 Å². The molecule has 1 saturated heterocycles. The molecule has 1 amide bonds. The Hall–Kier alpha value is -4.34. The topological polar surface area (TPSA) is 172 Å². The molecule has 5 aromatic rings. The SMILES string of the molecule is CC(C)(C)[Si](OC[C@H]1O[C@@H](n2cnc3c(NC(=O)c4ccccc4)ncnc32)[C@@](O)(CC(O)CO)[C@@H]1O)(c1ccccc1)c1ccccc1. The van der Waals surface area contributed by atoms with Crippen molar-refractivity contribution in [3.05, 3.63) is 109 Å². The number of hydrogen-bond acceptors (Lipinski definition) is 10. The van der Waals surface area contributed by atoms with Gasteiger partial charge in [-0.15, -0.1) is 0 Å². The second-order valence-electron chi connectivity index (χ2n) is 13.3. The molecule has 1 unspecified atom stereocenters. The van der Waals surface area contributed by atoms with Crippen LogP contribution in [0.5, 0.6) is 0 Å². The van der Waals surface area contributed by atoms with Gasteiger partial charge in [0.25, 0.3) is 14.2 Å². The first-order valence-electron chi connectivity index (χ1n) is 16.1. The highest BCUT2D eigenvalue weighted by Crippen LogP contribution is 2.44. The van der Waals surface area contributed by atoms with Crippen LogP contribution in [0.4, 0.5) is 5.82 Å². The van der Waals surface area contributed by atoms with Crippen LogP contribution in [0.2, 0.25) is 5.04 Å². The number of fused-ring (bicyclic) bond motifs is 1. The molecule has 0 radical (unpaired) electrons. The molecule has 3 heterocycles. The summed E-state index contributed by atoms with van der Waals surface area (Å²) in [7, 11) is -3.06. The largest absolute Gasteiger partial charge is 0.405 e. The Labute approximate surface area is 285 Å². The highest BCUT2D eigenvalue weighted by atomic mass is 28.4. The number of aromatic nitrogens is 4. The Kier molecular flexibility index (Phi) is 9.78. The average Bonchev–Trinajstić information content (AvgIpc) is 3.64. The Morgan fingerprint density at radius 1 is 0.980 bits per heavy atom. The number of rotatable bonds is 11. The van der Waals surface area contributed by atoms with Gasteiger partial charge in [0.05, 0.1) is 25.6 Å². The number of aliphatic hydroxyl groups is 4. The fourth-order valence-electron chi connectivity index (χ4n) is 6.78. The second kappa shape index (κ2) is 13.9. The lowest BCUT2D eigenvalue weighted by Gasteiger charge is -2.43. The van der Waals surface area contributed by atoms with Crippen LogP contribution in [0.3, 0.4) is 0 Å². The maximum Gasteiger partial charge on any atom is 0.261 e. The van der Waals surface area contributed by atoms with Gasteiger partial charge in [0.15, 0.2) is 23.2 Å². The van der Waals surface area contributed by atoms with Gasteiger partial charge in [-0.3, -0.25) is 9.36 Å². The number of benzene rings is 3. The molecule has 5 N–H and O–H groups in total. The summed E-state index contributed by atoms with van der Waals surface area (Å²) >= 11 is 0. The summed E-state index contributed by atoms with van der Waals surface area (Å²) in [6, 6.07) is 28.7. The first-order valence-corrected chi connectivity index (χ1v) is 18.0. The monoisotopic (exact) mass is 683 g/mol. The molecule has 5 atom stereocenters.